The van der Waals surface area contributed by atoms with E-state index in [9.17, 15) is 9.59 Å². The fourth-order valence-electron chi connectivity index (χ4n) is 0.724. The Morgan fingerprint density at radius 2 is 2.21 bits per heavy atom. The molecule has 0 bridgehead atoms. The molecule has 0 aromatic heterocycles. The summed E-state index contributed by atoms with van der Waals surface area (Å²) in [5.41, 5.74) is 0.324. The van der Waals surface area contributed by atoms with E-state index in [0.29, 0.717) is 12.0 Å². The number of aliphatic hydroxyl groups excluding tert-OH is 1. The molecule has 0 atom stereocenters. The van der Waals surface area contributed by atoms with Gasteiger partial charge in [0.2, 0.25) is 6.41 Å². The van der Waals surface area contributed by atoms with Crippen LogP contribution >= 0.6 is 0 Å². The van der Waals surface area contributed by atoms with Gasteiger partial charge in [0.05, 0.1) is 13.2 Å². The van der Waals surface area contributed by atoms with Gasteiger partial charge in [-0.3, -0.25) is 4.79 Å². The van der Waals surface area contributed by atoms with E-state index in [1.54, 1.807) is 6.92 Å². The summed E-state index contributed by atoms with van der Waals surface area (Å²) in [5.74, 6) is -0.472. The predicted octanol–water partition coefficient (Wildman–Crippen LogP) is -0.444. The van der Waals surface area contributed by atoms with Gasteiger partial charge in [0.25, 0.3) is 0 Å². The lowest BCUT2D eigenvalue weighted by atomic mass is 10.4. The third-order valence-electron chi connectivity index (χ3n) is 1.50. The number of hydrogen-bond donors (Lipinski definition) is 1. The maximum absolute atomic E-state index is 10.9. The molecule has 14 heavy (non-hydrogen) atoms. The molecule has 0 spiro atoms. The monoisotopic (exact) mass is 201 g/mol. The van der Waals surface area contributed by atoms with Crippen molar-refractivity contribution in [2.45, 2.75) is 6.92 Å². The summed E-state index contributed by atoms with van der Waals surface area (Å²) in [6, 6.07) is 0. The number of carbonyl (C=O) groups is 2. The number of rotatable bonds is 7. The number of nitrogens with zero attached hydrogens (tertiary/aromatic N) is 1. The summed E-state index contributed by atoms with van der Waals surface area (Å²) in [6.45, 7) is 5.50. The van der Waals surface area contributed by atoms with Crippen molar-refractivity contribution in [1.29, 1.82) is 0 Å². The fraction of sp³-hybridized carbons (Fsp3) is 0.556. The van der Waals surface area contributed by atoms with Crippen LogP contribution < -0.4 is 0 Å². The van der Waals surface area contributed by atoms with Crippen LogP contribution in [0.3, 0.4) is 0 Å². The quantitative estimate of drug-likeness (QED) is 0.344. The molecule has 1 amide bonds. The van der Waals surface area contributed by atoms with E-state index in [4.69, 9.17) is 9.84 Å². The zero-order valence-electron chi connectivity index (χ0n) is 8.23. The maximum Gasteiger partial charge on any atom is 0.333 e. The van der Waals surface area contributed by atoms with Crippen LogP contribution in [0.5, 0.6) is 0 Å². The summed E-state index contributed by atoms with van der Waals surface area (Å²) < 4.78 is 4.76. The van der Waals surface area contributed by atoms with Crippen molar-refractivity contribution in [2.24, 2.45) is 0 Å². The maximum atomic E-state index is 10.9. The zero-order valence-corrected chi connectivity index (χ0v) is 8.23. The van der Waals surface area contributed by atoms with E-state index in [-0.39, 0.29) is 26.3 Å². The molecule has 0 radical (unpaired) electrons. The minimum Gasteiger partial charge on any atom is -0.460 e. The molecule has 5 nitrogen and oxygen atoms in total. The van der Waals surface area contributed by atoms with Crippen LogP contribution in [0, 0.1) is 0 Å². The highest BCUT2D eigenvalue weighted by Crippen LogP contribution is 1.92. The van der Waals surface area contributed by atoms with E-state index >= 15 is 0 Å². The van der Waals surface area contributed by atoms with Gasteiger partial charge in [-0.2, -0.15) is 0 Å². The molecule has 0 fully saturated rings. The van der Waals surface area contributed by atoms with Crippen LogP contribution in [0.2, 0.25) is 0 Å². The average Bonchev–Trinajstić information content (AvgIpc) is 2.16. The van der Waals surface area contributed by atoms with Crippen LogP contribution in [0.15, 0.2) is 12.2 Å². The largest absolute Gasteiger partial charge is 0.460 e. The molecule has 0 aliphatic carbocycles. The number of hydrogen-bond acceptors (Lipinski definition) is 4. The van der Waals surface area contributed by atoms with Crippen LogP contribution in [0.4, 0.5) is 0 Å². The molecule has 1 N–H and O–H groups in total. The predicted molar refractivity (Wildman–Crippen MR) is 50.5 cm³/mol. The van der Waals surface area contributed by atoms with E-state index in [1.165, 1.54) is 4.90 Å². The Morgan fingerprint density at radius 1 is 1.57 bits per heavy atom. The van der Waals surface area contributed by atoms with Gasteiger partial charge in [0.1, 0.15) is 6.61 Å². The van der Waals surface area contributed by atoms with Crippen molar-refractivity contribution >= 4 is 12.4 Å². The molecule has 0 aliphatic heterocycles. The first-order chi connectivity index (χ1) is 6.61. The van der Waals surface area contributed by atoms with Crippen LogP contribution in [-0.2, 0) is 14.3 Å². The molecular formula is C9H15NO4. The molecule has 0 heterocycles. The van der Waals surface area contributed by atoms with E-state index in [2.05, 4.69) is 6.58 Å². The van der Waals surface area contributed by atoms with Crippen molar-refractivity contribution in [3.05, 3.63) is 12.2 Å². The Bertz CT molecular complexity index is 215. The Morgan fingerprint density at radius 3 is 2.64 bits per heavy atom. The first-order valence-corrected chi connectivity index (χ1v) is 4.24. The summed E-state index contributed by atoms with van der Waals surface area (Å²) >= 11 is 0. The second-order valence-electron chi connectivity index (χ2n) is 2.78. The van der Waals surface area contributed by atoms with Gasteiger partial charge in [-0.15, -0.1) is 0 Å². The second-order valence-corrected chi connectivity index (χ2v) is 2.78. The van der Waals surface area contributed by atoms with Crippen molar-refractivity contribution in [3.63, 3.8) is 0 Å². The minimum atomic E-state index is -0.472. The lowest BCUT2D eigenvalue weighted by Gasteiger charge is -2.15. The van der Waals surface area contributed by atoms with Gasteiger partial charge in [0, 0.05) is 12.1 Å². The SMILES string of the molecule is C=C(C)C(=O)OCCN(C=O)CCO. The Balaban J connectivity index is 3.65. The van der Waals surface area contributed by atoms with E-state index in [1.807, 2.05) is 0 Å². The topological polar surface area (TPSA) is 66.8 Å². The number of amides is 1. The van der Waals surface area contributed by atoms with Crippen LogP contribution in [-0.4, -0.2) is 48.7 Å². The number of esters is 1. The van der Waals surface area contributed by atoms with Gasteiger partial charge in [0.15, 0.2) is 0 Å². The van der Waals surface area contributed by atoms with E-state index < -0.39 is 5.97 Å². The molecule has 0 rings (SSSR count). The average molecular weight is 201 g/mol. The molecule has 0 aromatic carbocycles. The lowest BCUT2D eigenvalue weighted by Crippen LogP contribution is -2.29. The highest BCUT2D eigenvalue weighted by Gasteiger charge is 2.04. The van der Waals surface area contributed by atoms with E-state index in [0.717, 1.165) is 0 Å². The van der Waals surface area contributed by atoms with Gasteiger partial charge < -0.3 is 14.7 Å². The van der Waals surface area contributed by atoms with Gasteiger partial charge >= 0.3 is 5.97 Å². The summed E-state index contributed by atoms with van der Waals surface area (Å²) in [5, 5.41) is 8.54. The first-order valence-electron chi connectivity index (χ1n) is 4.24. The number of ether oxygens (including phenoxy) is 1. The van der Waals surface area contributed by atoms with Crippen molar-refractivity contribution in [2.75, 3.05) is 26.3 Å². The summed E-state index contributed by atoms with van der Waals surface area (Å²) in [4.78, 5) is 22.6. The molecule has 5 heteroatoms. The van der Waals surface area contributed by atoms with Gasteiger partial charge in [-0.1, -0.05) is 6.58 Å². The molecule has 0 unspecified atom stereocenters. The Kier molecular flexibility index (Phi) is 6.39. The lowest BCUT2D eigenvalue weighted by molar-refractivity contribution is -0.140. The Hall–Kier alpha value is -1.36. The first kappa shape index (κ1) is 12.6. The molecule has 0 aromatic rings. The normalized spacial score (nSPS) is 9.29. The highest BCUT2D eigenvalue weighted by atomic mass is 16.5. The molecule has 80 valence electrons. The van der Waals surface area contributed by atoms with Gasteiger partial charge in [-0.25, -0.2) is 4.79 Å². The van der Waals surface area contributed by atoms with Crippen LogP contribution in [0.1, 0.15) is 6.92 Å². The molecule has 0 saturated carbocycles. The smallest absolute Gasteiger partial charge is 0.333 e. The molecular weight excluding hydrogens is 186 g/mol. The third kappa shape index (κ3) is 5.31. The van der Waals surface area contributed by atoms with Crippen molar-refractivity contribution in [1.82, 2.24) is 4.90 Å². The van der Waals surface area contributed by atoms with Crippen LogP contribution in [0.25, 0.3) is 0 Å². The molecule has 0 saturated heterocycles. The van der Waals surface area contributed by atoms with Crippen molar-refractivity contribution in [3.8, 4) is 0 Å². The summed E-state index contributed by atoms with van der Waals surface area (Å²) in [7, 11) is 0. The molecule has 0 aliphatic rings. The minimum absolute atomic E-state index is 0.104. The van der Waals surface area contributed by atoms with Crippen molar-refractivity contribution < 1.29 is 19.4 Å². The summed E-state index contributed by atoms with van der Waals surface area (Å²) in [6.07, 6.45) is 0.602. The third-order valence-corrected chi connectivity index (χ3v) is 1.50. The fourth-order valence-corrected chi connectivity index (χ4v) is 0.724. The highest BCUT2D eigenvalue weighted by molar-refractivity contribution is 5.86. The second kappa shape index (κ2) is 7.08. The number of carbonyl (C=O) groups excluding carboxylic acids is 2. The van der Waals surface area contributed by atoms with Gasteiger partial charge in [-0.05, 0) is 6.92 Å². The number of aliphatic hydroxyl groups is 1. The Labute approximate surface area is 83.0 Å². The standard InChI is InChI=1S/C9H15NO4/c1-8(2)9(13)14-6-4-10(7-12)3-5-11/h7,11H,1,3-6H2,2H3. The zero-order chi connectivity index (χ0) is 11.0.